The molecule has 3 rings (SSSR count). The lowest BCUT2D eigenvalue weighted by atomic mass is 10.1. The fourth-order valence-corrected chi connectivity index (χ4v) is 2.91. The van der Waals surface area contributed by atoms with Gasteiger partial charge in [0.1, 0.15) is 5.75 Å². The van der Waals surface area contributed by atoms with Crippen LogP contribution in [0.15, 0.2) is 71.3 Å². The molecule has 186 valence electrons. The van der Waals surface area contributed by atoms with Crippen molar-refractivity contribution in [3.05, 3.63) is 83.8 Å². The fraction of sp³-hybridized carbons (Fsp3) is 0.192. The molecule has 0 radical (unpaired) electrons. The zero-order valence-corrected chi connectivity index (χ0v) is 19.4. The van der Waals surface area contributed by atoms with Gasteiger partial charge in [0.25, 0.3) is 0 Å². The van der Waals surface area contributed by atoms with Crippen molar-refractivity contribution < 1.29 is 42.6 Å². The first-order valence-corrected chi connectivity index (χ1v) is 11.0. The van der Waals surface area contributed by atoms with E-state index in [1.807, 2.05) is 0 Å². The third-order valence-corrected chi connectivity index (χ3v) is 4.71. The van der Waals surface area contributed by atoms with Gasteiger partial charge >= 0.3 is 17.9 Å². The number of nitrogens with one attached hydrogen (secondary N) is 1. The van der Waals surface area contributed by atoms with Crippen molar-refractivity contribution in [3.8, 4) is 5.75 Å². The summed E-state index contributed by atoms with van der Waals surface area (Å²) in [5, 5.41) is 2.61. The number of hydrogen-bond donors (Lipinski definition) is 1. The number of anilines is 1. The van der Waals surface area contributed by atoms with Gasteiger partial charge in [-0.05, 0) is 67.6 Å². The molecule has 10 heteroatoms. The number of amides is 1. The van der Waals surface area contributed by atoms with Crippen LogP contribution >= 0.6 is 0 Å². The first-order chi connectivity index (χ1) is 17.4. The summed E-state index contributed by atoms with van der Waals surface area (Å²) in [5.41, 5.74) is 1.06. The van der Waals surface area contributed by atoms with Crippen LogP contribution in [0.4, 0.5) is 5.69 Å². The Morgan fingerprint density at radius 1 is 0.806 bits per heavy atom. The second-order valence-electron chi connectivity index (χ2n) is 7.32. The Bertz CT molecular complexity index is 1210. The molecule has 0 aliphatic rings. The summed E-state index contributed by atoms with van der Waals surface area (Å²) >= 11 is 0. The SMILES string of the molecule is CCOC(=O)c1ccc(NC(=O)CCC(=O)OCC(=O)c2ccc(OC(=O)c3ccco3)cc2)cc1. The van der Waals surface area contributed by atoms with Crippen LogP contribution in [0.1, 0.15) is 51.0 Å². The van der Waals surface area contributed by atoms with Crippen LogP contribution in [-0.4, -0.2) is 42.8 Å². The smallest absolute Gasteiger partial charge is 0.379 e. The van der Waals surface area contributed by atoms with E-state index in [1.54, 1.807) is 25.1 Å². The van der Waals surface area contributed by atoms with E-state index in [-0.39, 0.29) is 36.5 Å². The van der Waals surface area contributed by atoms with Crippen LogP contribution in [0.2, 0.25) is 0 Å². The molecule has 0 saturated carbocycles. The lowest BCUT2D eigenvalue weighted by molar-refractivity contribution is -0.143. The summed E-state index contributed by atoms with van der Waals surface area (Å²) in [6.07, 6.45) is 0.976. The molecule has 0 bridgehead atoms. The lowest BCUT2D eigenvalue weighted by Crippen LogP contribution is -2.17. The van der Waals surface area contributed by atoms with Gasteiger partial charge in [0.2, 0.25) is 11.7 Å². The number of carbonyl (C=O) groups is 5. The lowest BCUT2D eigenvalue weighted by Gasteiger charge is -2.07. The molecule has 0 atom stereocenters. The first-order valence-electron chi connectivity index (χ1n) is 11.0. The number of ketones is 1. The number of benzene rings is 2. The van der Waals surface area contributed by atoms with Crippen molar-refractivity contribution in [1.29, 1.82) is 0 Å². The van der Waals surface area contributed by atoms with E-state index >= 15 is 0 Å². The van der Waals surface area contributed by atoms with E-state index in [0.29, 0.717) is 11.3 Å². The molecule has 0 spiro atoms. The van der Waals surface area contributed by atoms with Crippen molar-refractivity contribution in [2.24, 2.45) is 0 Å². The number of furan rings is 1. The molecule has 2 aromatic carbocycles. The Kier molecular flexibility index (Phi) is 9.10. The van der Waals surface area contributed by atoms with Gasteiger partial charge in [-0.15, -0.1) is 0 Å². The Morgan fingerprint density at radius 2 is 1.50 bits per heavy atom. The number of esters is 3. The molecule has 0 unspecified atom stereocenters. The highest BCUT2D eigenvalue weighted by molar-refractivity contribution is 5.98. The van der Waals surface area contributed by atoms with E-state index < -0.39 is 36.2 Å². The molecule has 1 aromatic heterocycles. The fourth-order valence-electron chi connectivity index (χ4n) is 2.91. The average molecular weight is 493 g/mol. The van der Waals surface area contributed by atoms with Gasteiger partial charge < -0.3 is 23.9 Å². The topological polar surface area (TPSA) is 138 Å². The molecule has 10 nitrogen and oxygen atoms in total. The highest BCUT2D eigenvalue weighted by atomic mass is 16.5. The highest BCUT2D eigenvalue weighted by Crippen LogP contribution is 2.15. The van der Waals surface area contributed by atoms with Crippen LogP contribution in [0.5, 0.6) is 5.75 Å². The molecule has 0 fully saturated rings. The van der Waals surface area contributed by atoms with Crippen LogP contribution in [-0.2, 0) is 19.1 Å². The Labute approximate surface area is 206 Å². The largest absolute Gasteiger partial charge is 0.462 e. The van der Waals surface area contributed by atoms with Crippen LogP contribution in [0.3, 0.4) is 0 Å². The first kappa shape index (κ1) is 25.9. The van der Waals surface area contributed by atoms with Gasteiger partial charge in [-0.2, -0.15) is 0 Å². The van der Waals surface area contributed by atoms with Gasteiger partial charge in [0.05, 0.1) is 24.9 Å². The van der Waals surface area contributed by atoms with E-state index in [4.69, 9.17) is 18.6 Å². The Morgan fingerprint density at radius 3 is 2.14 bits per heavy atom. The average Bonchev–Trinajstić information content (AvgIpc) is 3.42. The van der Waals surface area contributed by atoms with Gasteiger partial charge in [-0.3, -0.25) is 14.4 Å². The quantitative estimate of drug-likeness (QED) is 0.240. The molecule has 0 aliphatic heterocycles. The van der Waals surface area contributed by atoms with Crippen molar-refractivity contribution in [2.45, 2.75) is 19.8 Å². The summed E-state index contributed by atoms with van der Waals surface area (Å²) in [4.78, 5) is 59.7. The Balaban J connectivity index is 1.38. The molecule has 0 saturated heterocycles. The molecule has 3 aromatic rings. The minimum Gasteiger partial charge on any atom is -0.462 e. The predicted octanol–water partition coefficient (Wildman–Crippen LogP) is 3.82. The molecule has 1 N–H and O–H groups in total. The number of hydrogen-bond acceptors (Lipinski definition) is 9. The van der Waals surface area contributed by atoms with Crippen molar-refractivity contribution in [2.75, 3.05) is 18.5 Å². The molecule has 36 heavy (non-hydrogen) atoms. The number of Topliss-reactive ketones (excluding diaryl/α,β-unsaturated/α-hetero) is 1. The Hall–Kier alpha value is -4.73. The number of carbonyl (C=O) groups excluding carboxylic acids is 5. The van der Waals surface area contributed by atoms with E-state index in [0.717, 1.165) is 0 Å². The van der Waals surface area contributed by atoms with Gasteiger partial charge in [0, 0.05) is 17.7 Å². The normalized spacial score (nSPS) is 10.2. The third-order valence-electron chi connectivity index (χ3n) is 4.71. The third kappa shape index (κ3) is 7.66. The minimum atomic E-state index is -0.708. The maximum atomic E-state index is 12.3. The predicted molar refractivity (Wildman–Crippen MR) is 126 cm³/mol. The molecule has 0 aliphatic carbocycles. The van der Waals surface area contributed by atoms with Crippen molar-refractivity contribution >= 4 is 35.3 Å². The van der Waals surface area contributed by atoms with E-state index in [2.05, 4.69) is 5.32 Å². The summed E-state index contributed by atoms with van der Waals surface area (Å²) in [5.74, 6) is -2.47. The summed E-state index contributed by atoms with van der Waals surface area (Å²) in [6.45, 7) is 1.46. The minimum absolute atomic E-state index is 0.0441. The second-order valence-corrected chi connectivity index (χ2v) is 7.32. The summed E-state index contributed by atoms with van der Waals surface area (Å²) < 4.78 is 19.9. The van der Waals surface area contributed by atoms with Gasteiger partial charge in [-0.1, -0.05) is 0 Å². The van der Waals surface area contributed by atoms with Gasteiger partial charge in [0.15, 0.2) is 12.4 Å². The maximum absolute atomic E-state index is 12.3. The second kappa shape index (κ2) is 12.7. The summed E-state index contributed by atoms with van der Waals surface area (Å²) in [7, 11) is 0. The molecule has 1 heterocycles. The zero-order chi connectivity index (χ0) is 25.9. The standard InChI is InChI=1S/C26H23NO9/c1-2-33-25(31)18-5-9-19(10-6-18)27-23(29)13-14-24(30)35-16-21(28)17-7-11-20(12-8-17)36-26(32)22-4-3-15-34-22/h3-12,15H,2,13-14,16H2,1H3,(H,27,29). The van der Waals surface area contributed by atoms with E-state index in [1.165, 1.54) is 48.7 Å². The highest BCUT2D eigenvalue weighted by Gasteiger charge is 2.14. The monoisotopic (exact) mass is 493 g/mol. The molecule has 1 amide bonds. The molecular weight excluding hydrogens is 470 g/mol. The van der Waals surface area contributed by atoms with Crippen molar-refractivity contribution in [3.63, 3.8) is 0 Å². The van der Waals surface area contributed by atoms with Crippen LogP contribution in [0, 0.1) is 0 Å². The van der Waals surface area contributed by atoms with Crippen LogP contribution in [0.25, 0.3) is 0 Å². The maximum Gasteiger partial charge on any atom is 0.379 e. The molecular formula is C26H23NO9. The number of rotatable bonds is 11. The summed E-state index contributed by atoms with van der Waals surface area (Å²) in [6, 6.07) is 14.9. The number of ether oxygens (including phenoxy) is 3. The zero-order valence-electron chi connectivity index (χ0n) is 19.4. The van der Waals surface area contributed by atoms with Crippen molar-refractivity contribution in [1.82, 2.24) is 0 Å². The van der Waals surface area contributed by atoms with Gasteiger partial charge in [-0.25, -0.2) is 9.59 Å². The van der Waals surface area contributed by atoms with E-state index in [9.17, 15) is 24.0 Å². The van der Waals surface area contributed by atoms with Crippen LogP contribution < -0.4 is 10.1 Å².